The number of fused-ring (bicyclic) bond motifs is 4. The Hall–Kier alpha value is -4.95. The number of hydrogen-bond donors (Lipinski definition) is 2. The smallest absolute Gasteiger partial charge is 0.382 e. The minimum absolute atomic E-state index is 0.0925. The Morgan fingerprint density at radius 2 is 1.80 bits per heavy atom. The molecule has 1 saturated carbocycles. The molecule has 0 unspecified atom stereocenters. The van der Waals surface area contributed by atoms with Crippen LogP contribution in [0.25, 0.3) is 22.0 Å². The molecule has 238 valence electrons. The van der Waals surface area contributed by atoms with Crippen molar-refractivity contribution in [3.63, 3.8) is 0 Å². The molecule has 0 spiro atoms. The quantitative estimate of drug-likeness (QED) is 0.211. The molecule has 1 amide bonds. The largest absolute Gasteiger partial charge is 0.435 e. The van der Waals surface area contributed by atoms with Gasteiger partial charge in [0.2, 0.25) is 5.91 Å². The summed E-state index contributed by atoms with van der Waals surface area (Å²) in [4.78, 5) is 18.0. The first kappa shape index (κ1) is 29.7. The molecule has 3 atom stereocenters. The number of alkyl halides is 5. The first-order chi connectivity index (χ1) is 21.7. The molecule has 2 aliphatic carbocycles. The van der Waals surface area contributed by atoms with Crippen LogP contribution in [-0.2, 0) is 36.9 Å². The third-order valence-corrected chi connectivity index (χ3v) is 8.54. The summed E-state index contributed by atoms with van der Waals surface area (Å²) in [6.07, 6.45) is -3.86. The second kappa shape index (κ2) is 10.3. The number of carbonyl (C=O) groups is 1. The fourth-order valence-electron chi connectivity index (χ4n) is 6.65. The Morgan fingerprint density at radius 1 is 1.09 bits per heavy atom. The maximum atomic E-state index is 15.1. The monoisotopic (exact) mass is 643 g/mol. The predicted octanol–water partition coefficient (Wildman–Crippen LogP) is 6.02. The van der Waals surface area contributed by atoms with Crippen molar-refractivity contribution in [2.24, 2.45) is 13.0 Å². The average molecular weight is 644 g/mol. The van der Waals surface area contributed by atoms with Crippen molar-refractivity contribution in [1.29, 1.82) is 0 Å². The number of para-hydroxylation sites is 1. The molecule has 3 heterocycles. The normalized spacial score (nSPS) is 18.8. The number of pyridine rings is 1. The van der Waals surface area contributed by atoms with Gasteiger partial charge >= 0.3 is 6.18 Å². The van der Waals surface area contributed by atoms with E-state index in [1.54, 1.807) is 42.1 Å². The predicted molar refractivity (Wildman–Crippen MR) is 151 cm³/mol. The second-order valence-corrected chi connectivity index (χ2v) is 11.6. The zero-order valence-electron chi connectivity index (χ0n) is 23.9. The van der Waals surface area contributed by atoms with Crippen molar-refractivity contribution < 1.29 is 35.5 Å². The molecule has 0 saturated heterocycles. The van der Waals surface area contributed by atoms with Crippen LogP contribution in [0.3, 0.4) is 0 Å². The molecule has 0 bridgehead atoms. The molecule has 5 aromatic rings. The van der Waals surface area contributed by atoms with Gasteiger partial charge in [-0.15, -0.1) is 0 Å². The Morgan fingerprint density at radius 3 is 2.52 bits per heavy atom. The number of aromatic nitrogens is 5. The van der Waals surface area contributed by atoms with E-state index in [4.69, 9.17) is 5.73 Å². The van der Waals surface area contributed by atoms with Gasteiger partial charge in [0.1, 0.15) is 23.9 Å². The number of aryl methyl sites for hydroxylation is 1. The summed E-state index contributed by atoms with van der Waals surface area (Å²) < 4.78 is 102. The van der Waals surface area contributed by atoms with Crippen LogP contribution in [0.1, 0.15) is 46.6 Å². The molecule has 7 rings (SSSR count). The molecule has 3 aromatic heterocycles. The summed E-state index contributed by atoms with van der Waals surface area (Å²) in [5.74, 6) is -8.28. The van der Waals surface area contributed by atoms with Crippen LogP contribution in [0.2, 0.25) is 0 Å². The highest BCUT2D eigenvalue weighted by molar-refractivity contribution is 6.00. The molecular weight excluding hydrogens is 619 g/mol. The van der Waals surface area contributed by atoms with Crippen molar-refractivity contribution in [2.45, 2.75) is 43.4 Å². The summed E-state index contributed by atoms with van der Waals surface area (Å²) in [5, 5.41) is 11.0. The zero-order chi connectivity index (χ0) is 32.7. The Bertz CT molecular complexity index is 2010. The number of nitrogens with zero attached hydrogens (tertiary/aromatic N) is 5. The first-order valence-corrected chi connectivity index (χ1v) is 14.2. The van der Waals surface area contributed by atoms with Crippen LogP contribution in [0.5, 0.6) is 0 Å². The second-order valence-electron chi connectivity index (χ2n) is 11.6. The summed E-state index contributed by atoms with van der Waals surface area (Å²) in [6.45, 7) is -0.961. The topological polar surface area (TPSA) is 104 Å². The van der Waals surface area contributed by atoms with Crippen molar-refractivity contribution in [2.75, 3.05) is 5.73 Å². The van der Waals surface area contributed by atoms with Gasteiger partial charge in [0.25, 0.3) is 5.92 Å². The number of nitrogens with two attached hydrogens (primary N) is 1. The zero-order valence-corrected chi connectivity index (χ0v) is 23.9. The number of nitrogen functional groups attached to an aromatic ring is 1. The lowest BCUT2D eigenvalue weighted by Crippen LogP contribution is -2.35. The van der Waals surface area contributed by atoms with Gasteiger partial charge in [0.15, 0.2) is 11.5 Å². The average Bonchev–Trinajstić information content (AvgIpc) is 3.53. The molecule has 3 N–H and O–H groups in total. The van der Waals surface area contributed by atoms with Crippen molar-refractivity contribution in [1.82, 2.24) is 29.9 Å². The van der Waals surface area contributed by atoms with Gasteiger partial charge in [0, 0.05) is 47.3 Å². The number of nitrogens with one attached hydrogen (secondary N) is 1. The number of rotatable bonds is 7. The number of benzene rings is 2. The highest BCUT2D eigenvalue weighted by Crippen LogP contribution is 2.68. The number of halogens is 7. The third kappa shape index (κ3) is 4.84. The number of carbonyl (C=O) groups excluding carboxylic acids is 1. The molecule has 2 aliphatic rings. The highest BCUT2D eigenvalue weighted by Gasteiger charge is 2.68. The first-order valence-electron chi connectivity index (χ1n) is 14.2. The van der Waals surface area contributed by atoms with Crippen LogP contribution in [0.15, 0.2) is 54.7 Å². The van der Waals surface area contributed by atoms with E-state index in [-0.39, 0.29) is 29.9 Å². The van der Waals surface area contributed by atoms with Gasteiger partial charge in [0.05, 0.1) is 17.3 Å². The SMILES string of the molecule is Cn1nc(N)c2cccc(-c3cccnc3[C@H](Cc3cc(F)cc(F)c3)NC(=O)Cn3nc(C(F)(F)F)c4c3C(F)(F)[C@@H]3C[C@H]43)c21. The standard InChI is InChI=1S/C31H24F7N7O/c1-44-26-18(4-2-5-19(26)29(39)43-44)17-6-3-7-40-25(17)22(10-14-8-15(32)11-16(33)9-14)41-23(46)13-45-28-24(27(42-45)31(36,37)38)20-12-21(20)30(28,34)35/h2-9,11,20-22H,10,12-13H2,1H3,(H2,39,43)(H,41,46)/t20-,21+,22-/m0/s1. The van der Waals surface area contributed by atoms with Crippen LogP contribution in [0.4, 0.5) is 36.6 Å². The van der Waals surface area contributed by atoms with Crippen LogP contribution in [0, 0.1) is 17.6 Å². The van der Waals surface area contributed by atoms with Crippen LogP contribution >= 0.6 is 0 Å². The van der Waals surface area contributed by atoms with Gasteiger partial charge in [-0.25, -0.2) is 8.78 Å². The van der Waals surface area contributed by atoms with Crippen LogP contribution in [-0.4, -0.2) is 30.5 Å². The molecule has 15 heteroatoms. The lowest BCUT2D eigenvalue weighted by molar-refractivity contribution is -0.142. The van der Waals surface area contributed by atoms with E-state index in [0.29, 0.717) is 32.8 Å². The fourth-order valence-corrected chi connectivity index (χ4v) is 6.65. The van der Waals surface area contributed by atoms with E-state index in [2.05, 4.69) is 20.5 Å². The van der Waals surface area contributed by atoms with Crippen molar-refractivity contribution >= 4 is 22.6 Å². The lowest BCUT2D eigenvalue weighted by Gasteiger charge is -2.22. The Balaban J connectivity index is 1.29. The summed E-state index contributed by atoms with van der Waals surface area (Å²) in [5.41, 5.74) is 5.26. The number of hydrogen-bond acceptors (Lipinski definition) is 5. The Labute approximate surface area is 256 Å². The van der Waals surface area contributed by atoms with E-state index in [9.17, 15) is 26.7 Å². The molecule has 1 fully saturated rings. The Kier molecular flexibility index (Phi) is 6.65. The number of amides is 1. The minimum atomic E-state index is -5.00. The summed E-state index contributed by atoms with van der Waals surface area (Å²) >= 11 is 0. The van der Waals surface area contributed by atoms with Gasteiger partial charge in [-0.2, -0.15) is 32.1 Å². The highest BCUT2D eigenvalue weighted by atomic mass is 19.4. The van der Waals surface area contributed by atoms with E-state index in [1.807, 2.05) is 0 Å². The maximum Gasteiger partial charge on any atom is 0.435 e. The molecule has 0 aliphatic heterocycles. The molecule has 2 aromatic carbocycles. The minimum Gasteiger partial charge on any atom is -0.382 e. The maximum absolute atomic E-state index is 15.1. The number of anilines is 1. The van der Waals surface area contributed by atoms with Gasteiger partial charge in [-0.05, 0) is 48.6 Å². The van der Waals surface area contributed by atoms with Crippen molar-refractivity contribution in [3.05, 3.63) is 94.6 Å². The van der Waals surface area contributed by atoms with Crippen molar-refractivity contribution in [3.8, 4) is 11.1 Å². The fraction of sp³-hybridized carbons (Fsp3) is 0.290. The van der Waals surface area contributed by atoms with E-state index in [1.165, 1.54) is 6.20 Å². The van der Waals surface area contributed by atoms with Gasteiger partial charge < -0.3 is 11.1 Å². The van der Waals surface area contributed by atoms with Crippen LogP contribution < -0.4 is 11.1 Å². The lowest BCUT2D eigenvalue weighted by atomic mass is 9.94. The van der Waals surface area contributed by atoms with E-state index >= 15 is 8.78 Å². The van der Waals surface area contributed by atoms with Gasteiger partial charge in [-0.3, -0.25) is 19.1 Å². The summed E-state index contributed by atoms with van der Waals surface area (Å²) in [6, 6.07) is 10.3. The molecule has 8 nitrogen and oxygen atoms in total. The summed E-state index contributed by atoms with van der Waals surface area (Å²) in [7, 11) is 1.69. The van der Waals surface area contributed by atoms with Gasteiger partial charge in [-0.1, -0.05) is 18.2 Å². The molecular formula is C31H24F7N7O. The molecule has 0 radical (unpaired) electrons. The third-order valence-electron chi connectivity index (χ3n) is 8.54. The van der Waals surface area contributed by atoms with E-state index < -0.39 is 71.0 Å². The molecule has 46 heavy (non-hydrogen) atoms. The van der Waals surface area contributed by atoms with E-state index in [0.717, 1.165) is 12.1 Å².